The van der Waals surface area contributed by atoms with Crippen molar-refractivity contribution in [3.63, 3.8) is 0 Å². The Bertz CT molecular complexity index is 743. The van der Waals surface area contributed by atoms with Gasteiger partial charge in [0.1, 0.15) is 0 Å². The highest BCUT2D eigenvalue weighted by Gasteiger charge is 2.31. The molecule has 2 aliphatic rings. The van der Waals surface area contributed by atoms with E-state index >= 15 is 0 Å². The zero-order valence-electron chi connectivity index (χ0n) is 15.7. The summed E-state index contributed by atoms with van der Waals surface area (Å²) in [5.74, 6) is 0.637. The molecule has 2 aliphatic heterocycles. The summed E-state index contributed by atoms with van der Waals surface area (Å²) in [7, 11) is 5.70. The first-order valence-corrected chi connectivity index (χ1v) is 9.02. The maximum absolute atomic E-state index is 12.6. The van der Waals surface area contributed by atoms with Crippen LogP contribution in [0.15, 0.2) is 22.7 Å². The first-order chi connectivity index (χ1) is 12.4. The Kier molecular flexibility index (Phi) is 5.61. The van der Waals surface area contributed by atoms with Gasteiger partial charge in [0, 0.05) is 45.8 Å². The van der Waals surface area contributed by atoms with Crippen LogP contribution in [0.25, 0.3) is 0 Å². The summed E-state index contributed by atoms with van der Waals surface area (Å²) in [5.41, 5.74) is 1.35. The number of likely N-dealkylation sites (tertiary alicyclic amines) is 1. The number of rotatable bonds is 5. The first kappa shape index (κ1) is 18.4. The highest BCUT2D eigenvalue weighted by atomic mass is 16.5. The van der Waals surface area contributed by atoms with E-state index in [1.165, 1.54) is 6.07 Å². The van der Waals surface area contributed by atoms with E-state index in [4.69, 9.17) is 4.74 Å². The largest absolute Gasteiger partial charge is 0.501 e. The van der Waals surface area contributed by atoms with Crippen molar-refractivity contribution in [2.45, 2.75) is 31.8 Å². The van der Waals surface area contributed by atoms with E-state index in [2.05, 4.69) is 14.9 Å². The normalized spacial score (nSPS) is 20.1. The van der Waals surface area contributed by atoms with Gasteiger partial charge in [-0.2, -0.15) is 0 Å². The molecule has 1 saturated heterocycles. The third-order valence-corrected chi connectivity index (χ3v) is 4.90. The van der Waals surface area contributed by atoms with E-state index in [0.717, 1.165) is 37.1 Å². The highest BCUT2D eigenvalue weighted by Crippen LogP contribution is 2.21. The second-order valence-corrected chi connectivity index (χ2v) is 7.18. The topological polar surface area (TPSA) is 81.8 Å². The summed E-state index contributed by atoms with van der Waals surface area (Å²) < 4.78 is 5.29. The Morgan fingerprint density at radius 3 is 2.92 bits per heavy atom. The molecule has 1 aromatic heterocycles. The first-order valence-electron chi connectivity index (χ1n) is 9.02. The Labute approximate surface area is 153 Å². The van der Waals surface area contributed by atoms with Crippen molar-refractivity contribution in [2.75, 3.05) is 45.7 Å². The second-order valence-electron chi connectivity index (χ2n) is 7.18. The monoisotopic (exact) mass is 361 g/mol. The van der Waals surface area contributed by atoms with Crippen molar-refractivity contribution in [2.24, 2.45) is 0 Å². The highest BCUT2D eigenvalue weighted by molar-refractivity contribution is 5.93. The minimum Gasteiger partial charge on any atom is -0.501 e. The fraction of sp³-hybridized carbons (Fsp3) is 0.611. The van der Waals surface area contributed by atoms with E-state index in [1.54, 1.807) is 11.2 Å². The van der Waals surface area contributed by atoms with Crippen molar-refractivity contribution < 1.29 is 9.53 Å². The lowest BCUT2D eigenvalue weighted by molar-refractivity contribution is -0.126. The molecular weight excluding hydrogens is 334 g/mol. The molecule has 8 nitrogen and oxygen atoms in total. The Morgan fingerprint density at radius 2 is 2.23 bits per heavy atom. The summed E-state index contributed by atoms with van der Waals surface area (Å²) >= 11 is 0. The van der Waals surface area contributed by atoms with Crippen LogP contribution < -0.4 is 10.5 Å². The fourth-order valence-corrected chi connectivity index (χ4v) is 3.38. The van der Waals surface area contributed by atoms with Gasteiger partial charge in [-0.1, -0.05) is 0 Å². The number of hydrogen-bond donors (Lipinski definition) is 1. The number of aromatic amines is 1. The van der Waals surface area contributed by atoms with Gasteiger partial charge < -0.3 is 14.5 Å². The summed E-state index contributed by atoms with van der Waals surface area (Å²) in [6.07, 6.45) is 4.23. The molecule has 0 saturated carbocycles. The molecule has 1 amide bonds. The van der Waals surface area contributed by atoms with Crippen LogP contribution >= 0.6 is 0 Å². The number of hydrogen-bond acceptors (Lipinski definition) is 6. The molecule has 1 aromatic rings. The number of nitrogens with one attached hydrogen (secondary N) is 1. The minimum atomic E-state index is -0.153. The van der Waals surface area contributed by atoms with Crippen molar-refractivity contribution in [1.29, 1.82) is 0 Å². The van der Waals surface area contributed by atoms with Crippen LogP contribution in [0.2, 0.25) is 0 Å². The molecule has 0 aromatic carbocycles. The van der Waals surface area contributed by atoms with E-state index in [1.807, 2.05) is 26.0 Å². The third kappa shape index (κ3) is 4.24. The van der Waals surface area contributed by atoms with Crippen LogP contribution in [-0.2, 0) is 16.1 Å². The van der Waals surface area contributed by atoms with Crippen molar-refractivity contribution in [3.8, 4) is 0 Å². The van der Waals surface area contributed by atoms with Crippen LogP contribution in [0, 0.1) is 0 Å². The molecule has 142 valence electrons. The summed E-state index contributed by atoms with van der Waals surface area (Å²) in [6, 6.07) is 1.79. The van der Waals surface area contributed by atoms with Gasteiger partial charge in [-0.05, 0) is 26.3 Å². The maximum Gasteiger partial charge on any atom is 0.252 e. The van der Waals surface area contributed by atoms with Gasteiger partial charge in [0.15, 0.2) is 0 Å². The molecule has 0 spiro atoms. The zero-order chi connectivity index (χ0) is 18.7. The number of carbonyl (C=O) groups is 1. The van der Waals surface area contributed by atoms with E-state index in [0.29, 0.717) is 25.6 Å². The lowest BCUT2D eigenvalue weighted by Gasteiger charge is -2.25. The van der Waals surface area contributed by atoms with Crippen LogP contribution in [0.5, 0.6) is 0 Å². The van der Waals surface area contributed by atoms with Gasteiger partial charge in [-0.15, -0.1) is 0 Å². The van der Waals surface area contributed by atoms with Gasteiger partial charge in [0.05, 0.1) is 24.1 Å². The molecule has 8 heteroatoms. The number of aromatic nitrogens is 2. The van der Waals surface area contributed by atoms with Crippen molar-refractivity contribution in [1.82, 2.24) is 19.8 Å². The average molecular weight is 361 g/mol. The number of likely N-dealkylation sites (N-methyl/N-ethyl adjacent to an activating group) is 1. The van der Waals surface area contributed by atoms with Crippen molar-refractivity contribution in [3.05, 3.63) is 33.9 Å². The molecule has 3 rings (SSSR count). The summed E-state index contributed by atoms with van der Waals surface area (Å²) in [6.45, 7) is 2.71. The SMILES string of the molecule is CN(C)c1nc(CN(C)[C@H]2CCN(C(=O)C3=COCCC3)C2)cc(=O)[nH]1. The summed E-state index contributed by atoms with van der Waals surface area (Å²) in [4.78, 5) is 37.5. The van der Waals surface area contributed by atoms with E-state index < -0.39 is 0 Å². The zero-order valence-corrected chi connectivity index (χ0v) is 15.7. The molecular formula is C18H27N5O3. The van der Waals surface area contributed by atoms with Gasteiger partial charge >= 0.3 is 0 Å². The number of H-pyrrole nitrogens is 1. The number of ether oxygens (including phenoxy) is 1. The lowest BCUT2D eigenvalue weighted by Crippen LogP contribution is -2.37. The number of carbonyl (C=O) groups excluding carboxylic acids is 1. The molecule has 1 N–H and O–H groups in total. The molecule has 0 unspecified atom stereocenters. The maximum atomic E-state index is 12.6. The minimum absolute atomic E-state index is 0.0878. The van der Waals surface area contributed by atoms with Gasteiger partial charge in [0.25, 0.3) is 11.5 Å². The smallest absolute Gasteiger partial charge is 0.252 e. The fourth-order valence-electron chi connectivity index (χ4n) is 3.38. The molecule has 0 radical (unpaired) electrons. The third-order valence-electron chi connectivity index (χ3n) is 4.90. The van der Waals surface area contributed by atoms with Crippen LogP contribution in [0.3, 0.4) is 0 Å². The van der Waals surface area contributed by atoms with Gasteiger partial charge in [0.2, 0.25) is 5.95 Å². The van der Waals surface area contributed by atoms with Crippen LogP contribution in [0.4, 0.5) is 5.95 Å². The standard InChI is InChI=1S/C18H27N5O3/c1-21(2)18-19-14(9-16(24)20-18)10-22(3)15-6-7-23(11-15)17(25)13-5-4-8-26-12-13/h9,12,15H,4-8,10-11H2,1-3H3,(H,19,20,24)/t15-/m0/s1. The Morgan fingerprint density at radius 1 is 1.42 bits per heavy atom. The molecule has 0 aliphatic carbocycles. The Hall–Kier alpha value is -2.35. The predicted octanol–water partition coefficient (Wildman–Crippen LogP) is 0.563. The van der Waals surface area contributed by atoms with E-state index in [9.17, 15) is 9.59 Å². The lowest BCUT2D eigenvalue weighted by atomic mass is 10.1. The van der Waals surface area contributed by atoms with E-state index in [-0.39, 0.29) is 17.5 Å². The second kappa shape index (κ2) is 7.90. The van der Waals surface area contributed by atoms with Crippen molar-refractivity contribution >= 4 is 11.9 Å². The van der Waals surface area contributed by atoms with Crippen LogP contribution in [-0.4, -0.2) is 72.6 Å². The number of amides is 1. The predicted molar refractivity (Wildman–Crippen MR) is 98.9 cm³/mol. The molecule has 3 heterocycles. The molecule has 1 atom stereocenters. The quantitative estimate of drug-likeness (QED) is 0.825. The summed E-state index contributed by atoms with van der Waals surface area (Å²) in [5, 5.41) is 0. The number of nitrogens with zero attached hydrogens (tertiary/aromatic N) is 4. The van der Waals surface area contributed by atoms with Crippen LogP contribution in [0.1, 0.15) is 25.0 Å². The van der Waals surface area contributed by atoms with Gasteiger partial charge in [-0.25, -0.2) is 4.98 Å². The molecule has 1 fully saturated rings. The number of anilines is 1. The molecule has 0 bridgehead atoms. The Balaban J connectivity index is 1.61. The van der Waals surface area contributed by atoms with Gasteiger partial charge in [-0.3, -0.25) is 19.5 Å². The molecule has 26 heavy (non-hydrogen) atoms. The average Bonchev–Trinajstić information content (AvgIpc) is 3.11.